The second-order valence-electron chi connectivity index (χ2n) is 5.96. The highest BCUT2D eigenvalue weighted by atomic mass is 19.1. The molecule has 0 fully saturated rings. The third-order valence-corrected chi connectivity index (χ3v) is 4.38. The van der Waals surface area contributed by atoms with Crippen LogP contribution < -0.4 is 5.32 Å². The zero-order valence-electron chi connectivity index (χ0n) is 14.2. The third kappa shape index (κ3) is 3.18. The smallest absolute Gasteiger partial charge is 0.244 e. The van der Waals surface area contributed by atoms with Gasteiger partial charge in [-0.3, -0.25) is 9.59 Å². The number of aromatic nitrogens is 1. The maximum Gasteiger partial charge on any atom is 0.244 e. The monoisotopic (exact) mass is 338 g/mol. The number of amides is 1. The van der Waals surface area contributed by atoms with Crippen LogP contribution in [-0.2, 0) is 17.8 Å². The van der Waals surface area contributed by atoms with Gasteiger partial charge in [-0.25, -0.2) is 4.39 Å². The number of hydrogen-bond donors (Lipinski definition) is 1. The van der Waals surface area contributed by atoms with E-state index in [1.165, 1.54) is 6.07 Å². The van der Waals surface area contributed by atoms with E-state index < -0.39 is 0 Å². The van der Waals surface area contributed by atoms with Gasteiger partial charge in [0.25, 0.3) is 0 Å². The molecule has 5 heteroatoms. The molecule has 0 aliphatic carbocycles. The molecule has 0 atom stereocenters. The van der Waals surface area contributed by atoms with Crippen molar-refractivity contribution in [1.82, 2.24) is 4.57 Å². The van der Waals surface area contributed by atoms with Crippen LogP contribution in [0.15, 0.2) is 42.6 Å². The van der Waals surface area contributed by atoms with Gasteiger partial charge in [0.2, 0.25) is 5.91 Å². The Balaban J connectivity index is 1.93. The van der Waals surface area contributed by atoms with Gasteiger partial charge in [-0.1, -0.05) is 31.2 Å². The van der Waals surface area contributed by atoms with Crippen molar-refractivity contribution in [2.75, 3.05) is 5.32 Å². The van der Waals surface area contributed by atoms with E-state index in [2.05, 4.69) is 5.32 Å². The molecule has 0 radical (unpaired) electrons. The number of halogens is 1. The number of carbonyl (C=O) groups is 2. The first-order chi connectivity index (χ1) is 12.0. The molecule has 1 N–H and O–H groups in total. The first kappa shape index (κ1) is 16.9. The van der Waals surface area contributed by atoms with Crippen molar-refractivity contribution in [2.24, 2.45) is 0 Å². The number of hydrogen-bond acceptors (Lipinski definition) is 2. The van der Waals surface area contributed by atoms with Crippen molar-refractivity contribution in [2.45, 2.75) is 26.8 Å². The lowest BCUT2D eigenvalue weighted by Gasteiger charge is -2.11. The summed E-state index contributed by atoms with van der Waals surface area (Å²) in [4.78, 5) is 23.8. The van der Waals surface area contributed by atoms with E-state index >= 15 is 0 Å². The van der Waals surface area contributed by atoms with E-state index in [-0.39, 0.29) is 18.3 Å². The Bertz CT molecular complexity index is 960. The molecule has 1 amide bonds. The number of nitrogens with one attached hydrogen (secondary N) is 1. The summed E-state index contributed by atoms with van der Waals surface area (Å²) in [5.41, 5.74) is 3.36. The lowest BCUT2D eigenvalue weighted by Crippen LogP contribution is -2.19. The maximum absolute atomic E-state index is 13.6. The van der Waals surface area contributed by atoms with Crippen molar-refractivity contribution >= 4 is 28.8 Å². The standard InChI is InChI=1S/C20H19FN2O2/c1-3-14-6-4-7-16-15(12-24)10-23(20(14)16)11-19(25)22-18-9-5-8-17(21)13(18)2/h4-10,12H,3,11H2,1-2H3,(H,22,25). The molecular formula is C20H19FN2O2. The minimum absolute atomic E-state index is 0.0529. The Morgan fingerprint density at radius 1 is 1.24 bits per heavy atom. The van der Waals surface area contributed by atoms with Crippen LogP contribution in [0, 0.1) is 12.7 Å². The van der Waals surface area contributed by atoms with Crippen LogP contribution >= 0.6 is 0 Å². The van der Waals surface area contributed by atoms with Gasteiger partial charge in [0.15, 0.2) is 6.29 Å². The number of aryl methyl sites for hydroxylation is 1. The van der Waals surface area contributed by atoms with E-state index in [9.17, 15) is 14.0 Å². The molecule has 0 spiro atoms. The molecule has 3 aromatic rings. The number of nitrogens with zero attached hydrogens (tertiary/aromatic N) is 1. The number of para-hydroxylation sites is 1. The van der Waals surface area contributed by atoms with Gasteiger partial charge >= 0.3 is 0 Å². The summed E-state index contributed by atoms with van der Waals surface area (Å²) in [7, 11) is 0. The molecule has 1 aromatic heterocycles. The Labute approximate surface area is 145 Å². The third-order valence-electron chi connectivity index (χ3n) is 4.38. The average molecular weight is 338 g/mol. The van der Waals surface area contributed by atoms with Crippen LogP contribution in [0.1, 0.15) is 28.4 Å². The topological polar surface area (TPSA) is 51.1 Å². The zero-order chi connectivity index (χ0) is 18.0. The number of benzene rings is 2. The van der Waals surface area contributed by atoms with Gasteiger partial charge in [0.05, 0.1) is 5.52 Å². The number of rotatable bonds is 5. The lowest BCUT2D eigenvalue weighted by atomic mass is 10.1. The summed E-state index contributed by atoms with van der Waals surface area (Å²) in [5.74, 6) is -0.630. The molecule has 1 heterocycles. The predicted octanol–water partition coefficient (Wildman–Crippen LogP) is 4.10. The van der Waals surface area contributed by atoms with Gasteiger partial charge in [-0.05, 0) is 31.0 Å². The molecule has 4 nitrogen and oxygen atoms in total. The minimum Gasteiger partial charge on any atom is -0.337 e. The molecular weight excluding hydrogens is 319 g/mol. The fourth-order valence-corrected chi connectivity index (χ4v) is 3.06. The molecule has 3 rings (SSSR count). The fourth-order valence-electron chi connectivity index (χ4n) is 3.06. The first-order valence-corrected chi connectivity index (χ1v) is 8.16. The van der Waals surface area contributed by atoms with Gasteiger partial charge in [0, 0.05) is 28.4 Å². The second-order valence-corrected chi connectivity index (χ2v) is 5.96. The van der Waals surface area contributed by atoms with Crippen molar-refractivity contribution in [1.29, 1.82) is 0 Å². The van der Waals surface area contributed by atoms with Crippen molar-refractivity contribution in [3.63, 3.8) is 0 Å². The summed E-state index contributed by atoms with van der Waals surface area (Å²) in [6.45, 7) is 3.70. The highest BCUT2D eigenvalue weighted by molar-refractivity contribution is 6.00. The van der Waals surface area contributed by atoms with Crippen LogP contribution in [0.25, 0.3) is 10.9 Å². The molecule has 128 valence electrons. The van der Waals surface area contributed by atoms with Gasteiger partial charge < -0.3 is 9.88 Å². The van der Waals surface area contributed by atoms with Gasteiger partial charge in [0.1, 0.15) is 12.4 Å². The van der Waals surface area contributed by atoms with E-state index in [1.807, 2.05) is 25.1 Å². The normalized spacial score (nSPS) is 10.8. The summed E-state index contributed by atoms with van der Waals surface area (Å²) in [6, 6.07) is 10.4. The van der Waals surface area contributed by atoms with E-state index in [4.69, 9.17) is 0 Å². The quantitative estimate of drug-likeness (QED) is 0.712. The predicted molar refractivity (Wildman–Crippen MR) is 96.5 cm³/mol. The molecule has 0 saturated carbocycles. The summed E-state index contributed by atoms with van der Waals surface area (Å²) in [5, 5.41) is 3.58. The van der Waals surface area contributed by atoms with Crippen LogP contribution in [0.4, 0.5) is 10.1 Å². The second kappa shape index (κ2) is 6.89. The zero-order valence-corrected chi connectivity index (χ0v) is 14.2. The Kier molecular flexibility index (Phi) is 4.65. The number of carbonyl (C=O) groups excluding carboxylic acids is 2. The van der Waals surface area contributed by atoms with Gasteiger partial charge in [-0.2, -0.15) is 0 Å². The van der Waals surface area contributed by atoms with Crippen molar-refractivity contribution < 1.29 is 14.0 Å². The summed E-state index contributed by atoms with van der Waals surface area (Å²) in [6.07, 6.45) is 3.28. The largest absolute Gasteiger partial charge is 0.337 e. The fraction of sp³-hybridized carbons (Fsp3) is 0.200. The number of fused-ring (bicyclic) bond motifs is 1. The SMILES string of the molecule is CCc1cccc2c(C=O)cn(CC(=O)Nc3cccc(F)c3C)c12. The molecule has 0 aliphatic heterocycles. The molecule has 0 aliphatic rings. The highest BCUT2D eigenvalue weighted by Crippen LogP contribution is 2.25. The minimum atomic E-state index is -0.360. The summed E-state index contributed by atoms with van der Waals surface area (Å²) < 4.78 is 15.4. The van der Waals surface area contributed by atoms with Crippen LogP contribution in [0.5, 0.6) is 0 Å². The Morgan fingerprint density at radius 3 is 2.72 bits per heavy atom. The Morgan fingerprint density at radius 2 is 2.00 bits per heavy atom. The van der Waals surface area contributed by atoms with E-state index in [1.54, 1.807) is 29.8 Å². The van der Waals surface area contributed by atoms with Crippen molar-refractivity contribution in [3.8, 4) is 0 Å². The average Bonchev–Trinajstić information content (AvgIpc) is 2.96. The lowest BCUT2D eigenvalue weighted by molar-refractivity contribution is -0.116. The maximum atomic E-state index is 13.6. The highest BCUT2D eigenvalue weighted by Gasteiger charge is 2.14. The van der Waals surface area contributed by atoms with E-state index in [0.717, 1.165) is 29.2 Å². The number of aldehydes is 1. The molecule has 0 saturated heterocycles. The van der Waals surface area contributed by atoms with Crippen molar-refractivity contribution in [3.05, 3.63) is 65.1 Å². The molecule has 25 heavy (non-hydrogen) atoms. The molecule has 2 aromatic carbocycles. The molecule has 0 bridgehead atoms. The van der Waals surface area contributed by atoms with E-state index in [0.29, 0.717) is 16.8 Å². The van der Waals surface area contributed by atoms with Gasteiger partial charge in [-0.15, -0.1) is 0 Å². The Hall–Kier alpha value is -2.95. The number of anilines is 1. The molecule has 0 unspecified atom stereocenters. The van der Waals surface area contributed by atoms with Crippen LogP contribution in [0.3, 0.4) is 0 Å². The van der Waals surface area contributed by atoms with Crippen LogP contribution in [-0.4, -0.2) is 16.8 Å². The van der Waals surface area contributed by atoms with Crippen LogP contribution in [0.2, 0.25) is 0 Å². The first-order valence-electron chi connectivity index (χ1n) is 8.16. The summed E-state index contributed by atoms with van der Waals surface area (Å²) >= 11 is 0.